The van der Waals surface area contributed by atoms with E-state index in [0.717, 1.165) is 0 Å². The summed E-state index contributed by atoms with van der Waals surface area (Å²) in [6, 6.07) is -0.366. The summed E-state index contributed by atoms with van der Waals surface area (Å²) in [4.78, 5) is 33.4. The molecule has 0 bridgehead atoms. The Morgan fingerprint density at radius 3 is 2.70 bits per heavy atom. The van der Waals surface area contributed by atoms with Crippen molar-refractivity contribution in [3.05, 3.63) is 24.3 Å². The lowest BCUT2D eigenvalue weighted by Crippen LogP contribution is -2.46. The predicted octanol–water partition coefficient (Wildman–Crippen LogP) is 0.0575. The fourth-order valence-electron chi connectivity index (χ4n) is 2.52. The smallest absolute Gasteiger partial charge is 0.359 e. The number of aromatic nitrogens is 2. The molecule has 0 radical (unpaired) electrons. The number of carbonyl (C=O) groups excluding carboxylic acids is 2. The van der Waals surface area contributed by atoms with Crippen LogP contribution in [0.15, 0.2) is 18.6 Å². The highest BCUT2D eigenvalue weighted by Crippen LogP contribution is 2.19. The zero-order chi connectivity index (χ0) is 17.0. The number of carbonyl (C=O) groups is 2. The first kappa shape index (κ1) is 17.3. The van der Waals surface area contributed by atoms with E-state index < -0.39 is 27.8 Å². The van der Waals surface area contributed by atoms with Gasteiger partial charge in [-0.2, -0.15) is 0 Å². The number of nitrogens with zero attached hydrogens (tertiary/aromatic N) is 3. The molecule has 1 aromatic heterocycles. The van der Waals surface area contributed by atoms with Crippen LogP contribution in [-0.4, -0.2) is 65.4 Å². The normalized spacial score (nSPS) is 20.7. The van der Waals surface area contributed by atoms with Crippen LogP contribution < -0.4 is 0 Å². The van der Waals surface area contributed by atoms with Crippen LogP contribution in [-0.2, 0) is 19.4 Å². The van der Waals surface area contributed by atoms with E-state index in [9.17, 15) is 18.0 Å². The molecule has 0 saturated carbocycles. The van der Waals surface area contributed by atoms with Crippen molar-refractivity contribution >= 4 is 21.7 Å². The molecule has 23 heavy (non-hydrogen) atoms. The summed E-state index contributed by atoms with van der Waals surface area (Å²) in [6.07, 6.45) is 3.41. The SMILES string of the molecule is CCN(C(=O)[C@@H](C)OC(=O)c1cnccn1)[C@H]1CCS(=O)(=O)C1. The van der Waals surface area contributed by atoms with Crippen molar-refractivity contribution in [2.45, 2.75) is 32.4 Å². The number of likely N-dealkylation sites (N-methyl/N-ethyl adjacent to an activating group) is 1. The van der Waals surface area contributed by atoms with Crippen molar-refractivity contribution in [3.63, 3.8) is 0 Å². The molecule has 1 aromatic rings. The van der Waals surface area contributed by atoms with Gasteiger partial charge < -0.3 is 9.64 Å². The Hall–Kier alpha value is -2.03. The van der Waals surface area contributed by atoms with Crippen molar-refractivity contribution in [1.82, 2.24) is 14.9 Å². The maximum Gasteiger partial charge on any atom is 0.359 e. The Balaban J connectivity index is 2.01. The molecule has 0 aliphatic carbocycles. The summed E-state index contributed by atoms with van der Waals surface area (Å²) in [5.74, 6) is -1.12. The van der Waals surface area contributed by atoms with Gasteiger partial charge in [-0.15, -0.1) is 0 Å². The highest BCUT2D eigenvalue weighted by molar-refractivity contribution is 7.91. The predicted molar refractivity (Wildman–Crippen MR) is 81.4 cm³/mol. The summed E-state index contributed by atoms with van der Waals surface area (Å²) in [5.41, 5.74) is 0.0126. The summed E-state index contributed by atoms with van der Waals surface area (Å²) in [5, 5.41) is 0. The third-order valence-electron chi connectivity index (χ3n) is 3.68. The molecular weight excluding hydrogens is 322 g/mol. The maximum absolute atomic E-state index is 12.5. The van der Waals surface area contributed by atoms with Gasteiger partial charge in [0.25, 0.3) is 5.91 Å². The van der Waals surface area contributed by atoms with Gasteiger partial charge in [-0.3, -0.25) is 9.78 Å². The van der Waals surface area contributed by atoms with Gasteiger partial charge in [0.1, 0.15) is 0 Å². The third kappa shape index (κ3) is 4.25. The molecule has 2 atom stereocenters. The first-order chi connectivity index (χ1) is 10.8. The molecule has 0 N–H and O–H groups in total. The monoisotopic (exact) mass is 341 g/mol. The van der Waals surface area contributed by atoms with Crippen LogP contribution in [0.4, 0.5) is 0 Å². The highest BCUT2D eigenvalue weighted by Gasteiger charge is 2.36. The first-order valence-electron chi connectivity index (χ1n) is 7.32. The fraction of sp³-hybridized carbons (Fsp3) is 0.571. The van der Waals surface area contributed by atoms with Crippen molar-refractivity contribution in [1.29, 1.82) is 0 Å². The summed E-state index contributed by atoms with van der Waals surface area (Å²) < 4.78 is 28.3. The fourth-order valence-corrected chi connectivity index (χ4v) is 4.26. The van der Waals surface area contributed by atoms with Crippen LogP contribution in [0, 0.1) is 0 Å². The Morgan fingerprint density at radius 2 is 2.17 bits per heavy atom. The van der Waals surface area contributed by atoms with E-state index in [1.165, 1.54) is 30.4 Å². The molecule has 0 spiro atoms. The van der Waals surface area contributed by atoms with Gasteiger partial charge in [-0.1, -0.05) is 0 Å². The minimum atomic E-state index is -3.10. The van der Waals surface area contributed by atoms with E-state index in [1.807, 2.05) is 0 Å². The molecule has 1 fully saturated rings. The second kappa shape index (κ2) is 7.03. The molecule has 0 unspecified atom stereocenters. The average Bonchev–Trinajstić information content (AvgIpc) is 2.88. The molecule has 8 nitrogen and oxygen atoms in total. The van der Waals surface area contributed by atoms with E-state index in [0.29, 0.717) is 13.0 Å². The lowest BCUT2D eigenvalue weighted by Gasteiger charge is -2.29. The number of esters is 1. The number of rotatable bonds is 5. The van der Waals surface area contributed by atoms with Crippen molar-refractivity contribution in [2.24, 2.45) is 0 Å². The molecule has 1 saturated heterocycles. The quantitative estimate of drug-likeness (QED) is 0.697. The lowest BCUT2D eigenvalue weighted by molar-refractivity contribution is -0.141. The van der Waals surface area contributed by atoms with Gasteiger partial charge >= 0.3 is 5.97 Å². The standard InChI is InChI=1S/C14H19N3O5S/c1-3-17(11-4-7-23(20,21)9-11)13(18)10(2)22-14(19)12-8-15-5-6-16-12/h5-6,8,10-11H,3-4,7,9H2,1-2H3/t10-,11+/m1/s1. The Morgan fingerprint density at radius 1 is 1.43 bits per heavy atom. The van der Waals surface area contributed by atoms with Crippen LogP contribution in [0.25, 0.3) is 0 Å². The molecule has 1 aliphatic rings. The Bertz CT molecular complexity index is 677. The van der Waals surface area contributed by atoms with Gasteiger partial charge in [0, 0.05) is 25.0 Å². The first-order valence-corrected chi connectivity index (χ1v) is 9.14. The topological polar surface area (TPSA) is 107 Å². The van der Waals surface area contributed by atoms with Crippen LogP contribution in [0.3, 0.4) is 0 Å². The average molecular weight is 341 g/mol. The Labute approximate surface area is 134 Å². The minimum absolute atomic E-state index is 0.0126. The molecule has 126 valence electrons. The molecule has 2 heterocycles. The molecule has 1 aliphatic heterocycles. The molecule has 2 rings (SSSR count). The largest absolute Gasteiger partial charge is 0.448 e. The van der Waals surface area contributed by atoms with E-state index in [2.05, 4.69) is 9.97 Å². The Kier molecular flexibility index (Phi) is 5.30. The van der Waals surface area contributed by atoms with Crippen LogP contribution in [0.1, 0.15) is 30.8 Å². The van der Waals surface area contributed by atoms with Crippen LogP contribution in [0.2, 0.25) is 0 Å². The third-order valence-corrected chi connectivity index (χ3v) is 5.43. The zero-order valence-electron chi connectivity index (χ0n) is 13.0. The van der Waals surface area contributed by atoms with Gasteiger partial charge in [0.2, 0.25) is 0 Å². The van der Waals surface area contributed by atoms with Crippen molar-refractivity contribution in [3.8, 4) is 0 Å². The highest BCUT2D eigenvalue weighted by atomic mass is 32.2. The number of hydrogen-bond acceptors (Lipinski definition) is 7. The van der Waals surface area contributed by atoms with E-state index in [-0.39, 0.29) is 23.2 Å². The van der Waals surface area contributed by atoms with E-state index >= 15 is 0 Å². The van der Waals surface area contributed by atoms with Gasteiger partial charge in [0.05, 0.1) is 17.7 Å². The number of amides is 1. The van der Waals surface area contributed by atoms with Gasteiger partial charge in [-0.05, 0) is 20.3 Å². The van der Waals surface area contributed by atoms with Gasteiger partial charge in [-0.25, -0.2) is 18.2 Å². The van der Waals surface area contributed by atoms with E-state index in [4.69, 9.17) is 4.74 Å². The van der Waals surface area contributed by atoms with Crippen molar-refractivity contribution < 1.29 is 22.7 Å². The molecular formula is C14H19N3O5S. The van der Waals surface area contributed by atoms with E-state index in [1.54, 1.807) is 6.92 Å². The maximum atomic E-state index is 12.5. The van der Waals surface area contributed by atoms with Crippen LogP contribution >= 0.6 is 0 Å². The molecule has 1 amide bonds. The number of hydrogen-bond donors (Lipinski definition) is 0. The summed E-state index contributed by atoms with van der Waals surface area (Å²) in [6.45, 7) is 3.58. The number of ether oxygens (including phenoxy) is 1. The second-order valence-electron chi connectivity index (χ2n) is 5.32. The van der Waals surface area contributed by atoms with Gasteiger partial charge in [0.15, 0.2) is 21.6 Å². The summed E-state index contributed by atoms with van der Waals surface area (Å²) in [7, 11) is -3.10. The zero-order valence-corrected chi connectivity index (χ0v) is 13.8. The van der Waals surface area contributed by atoms with Crippen molar-refractivity contribution in [2.75, 3.05) is 18.1 Å². The van der Waals surface area contributed by atoms with Crippen LogP contribution in [0.5, 0.6) is 0 Å². The summed E-state index contributed by atoms with van der Waals surface area (Å²) >= 11 is 0. The second-order valence-corrected chi connectivity index (χ2v) is 7.55. The molecule has 0 aromatic carbocycles. The minimum Gasteiger partial charge on any atom is -0.448 e. The molecule has 9 heteroatoms. The lowest BCUT2D eigenvalue weighted by atomic mass is 10.2. The number of sulfone groups is 1.